The lowest BCUT2D eigenvalue weighted by atomic mass is 9.76. The number of nitrogens with one attached hydrogen (secondary N) is 1. The first-order valence-corrected chi connectivity index (χ1v) is 10.3. The van der Waals surface area contributed by atoms with Crippen LogP contribution in [0.15, 0.2) is 48.5 Å². The molecule has 1 aliphatic heterocycles. The van der Waals surface area contributed by atoms with E-state index in [1.54, 1.807) is 14.0 Å². The molecule has 28 heavy (non-hydrogen) atoms. The van der Waals surface area contributed by atoms with Crippen molar-refractivity contribution in [1.82, 2.24) is 5.32 Å². The molecule has 4 atom stereocenters. The van der Waals surface area contributed by atoms with Gasteiger partial charge in [-0.25, -0.2) is 0 Å². The topological polar surface area (TPSA) is 47.6 Å². The maximum atomic E-state index is 11.8. The van der Waals surface area contributed by atoms with E-state index < -0.39 is 0 Å². The van der Waals surface area contributed by atoms with E-state index in [0.29, 0.717) is 5.92 Å². The monoisotopic (exact) mass is 379 g/mol. The van der Waals surface area contributed by atoms with Crippen LogP contribution in [0.3, 0.4) is 0 Å². The van der Waals surface area contributed by atoms with Crippen molar-refractivity contribution in [3.05, 3.63) is 54.1 Å². The summed E-state index contributed by atoms with van der Waals surface area (Å²) in [5.74, 6) is 1.30. The van der Waals surface area contributed by atoms with Crippen molar-refractivity contribution >= 4 is 5.91 Å². The standard InChI is InChI=1S/C24H29NO3/c1-16(26)25-21-15-24(28-23-11-7-6-10-19(21)23)20-14-18(12-13-22(20)27-2)17-8-4-3-5-9-17/h3-5,8-9,12-14,19,21,23-24H,6-7,10-11,15H2,1-2H3,(H,25,26)/t19-,21+,23+,24+/m0/s1. The number of fused-ring (bicyclic) bond motifs is 1. The molecule has 0 bridgehead atoms. The minimum Gasteiger partial charge on any atom is -0.496 e. The number of hydrogen-bond donors (Lipinski definition) is 1. The highest BCUT2D eigenvalue weighted by molar-refractivity contribution is 5.73. The lowest BCUT2D eigenvalue weighted by Gasteiger charge is -2.45. The van der Waals surface area contributed by atoms with Gasteiger partial charge in [0, 0.05) is 24.4 Å². The second kappa shape index (κ2) is 8.36. The summed E-state index contributed by atoms with van der Waals surface area (Å²) in [5, 5.41) is 3.20. The number of methoxy groups -OCH3 is 1. The summed E-state index contributed by atoms with van der Waals surface area (Å²) >= 11 is 0. The molecule has 1 heterocycles. The Labute approximate surface area is 167 Å². The Bertz CT molecular complexity index is 820. The Kier molecular flexibility index (Phi) is 5.67. The van der Waals surface area contributed by atoms with Gasteiger partial charge in [0.15, 0.2) is 0 Å². The molecule has 4 nitrogen and oxygen atoms in total. The zero-order chi connectivity index (χ0) is 19.5. The van der Waals surface area contributed by atoms with Crippen molar-refractivity contribution in [2.24, 2.45) is 5.92 Å². The molecule has 148 valence electrons. The third-order valence-electron chi connectivity index (χ3n) is 6.15. The smallest absolute Gasteiger partial charge is 0.217 e. The van der Waals surface area contributed by atoms with Crippen LogP contribution in [0.5, 0.6) is 5.75 Å². The van der Waals surface area contributed by atoms with E-state index in [1.807, 2.05) is 12.1 Å². The molecule has 2 aliphatic rings. The molecule has 2 aromatic rings. The molecule has 1 N–H and O–H groups in total. The molecule has 0 aromatic heterocycles. The molecular formula is C24H29NO3. The fourth-order valence-corrected chi connectivity index (χ4v) is 4.85. The van der Waals surface area contributed by atoms with Crippen molar-refractivity contribution in [1.29, 1.82) is 0 Å². The molecule has 2 aromatic carbocycles. The first-order valence-electron chi connectivity index (χ1n) is 10.3. The lowest BCUT2D eigenvalue weighted by Crippen LogP contribution is -2.50. The highest BCUT2D eigenvalue weighted by atomic mass is 16.5. The van der Waals surface area contributed by atoms with Gasteiger partial charge in [0.25, 0.3) is 0 Å². The van der Waals surface area contributed by atoms with Crippen molar-refractivity contribution in [3.63, 3.8) is 0 Å². The van der Waals surface area contributed by atoms with Gasteiger partial charge in [-0.3, -0.25) is 4.79 Å². The first-order chi connectivity index (χ1) is 13.7. The number of carbonyl (C=O) groups excluding carboxylic acids is 1. The average Bonchev–Trinajstić information content (AvgIpc) is 2.73. The van der Waals surface area contributed by atoms with Crippen molar-refractivity contribution in [2.75, 3.05) is 7.11 Å². The Morgan fingerprint density at radius 2 is 1.86 bits per heavy atom. The van der Waals surface area contributed by atoms with Gasteiger partial charge < -0.3 is 14.8 Å². The molecule has 1 amide bonds. The van der Waals surface area contributed by atoms with Crippen molar-refractivity contribution < 1.29 is 14.3 Å². The second-order valence-corrected chi connectivity index (χ2v) is 7.98. The van der Waals surface area contributed by atoms with Gasteiger partial charge in [0.05, 0.1) is 19.3 Å². The molecule has 2 fully saturated rings. The van der Waals surface area contributed by atoms with Crippen molar-refractivity contribution in [2.45, 2.75) is 57.3 Å². The number of amides is 1. The minimum absolute atomic E-state index is 0.0416. The molecule has 4 heteroatoms. The summed E-state index contributed by atoms with van der Waals surface area (Å²) in [4.78, 5) is 11.8. The average molecular weight is 380 g/mol. The Balaban J connectivity index is 1.67. The quantitative estimate of drug-likeness (QED) is 0.823. The minimum atomic E-state index is -0.0742. The van der Waals surface area contributed by atoms with E-state index in [9.17, 15) is 4.79 Å². The summed E-state index contributed by atoms with van der Waals surface area (Å²) in [6.07, 6.45) is 5.53. The number of benzene rings is 2. The lowest BCUT2D eigenvalue weighted by molar-refractivity contribution is -0.131. The molecule has 1 aliphatic carbocycles. The van der Waals surface area contributed by atoms with Gasteiger partial charge in [0.1, 0.15) is 5.75 Å². The predicted molar refractivity (Wildman–Crippen MR) is 110 cm³/mol. The normalized spacial score (nSPS) is 26.9. The van der Waals surface area contributed by atoms with E-state index in [-0.39, 0.29) is 24.2 Å². The maximum Gasteiger partial charge on any atom is 0.217 e. The summed E-state index contributed by atoms with van der Waals surface area (Å²) in [7, 11) is 1.71. The van der Waals surface area contributed by atoms with E-state index in [1.165, 1.54) is 18.4 Å². The van der Waals surface area contributed by atoms with Gasteiger partial charge >= 0.3 is 0 Å². The number of hydrogen-bond acceptors (Lipinski definition) is 3. The largest absolute Gasteiger partial charge is 0.496 e. The zero-order valence-corrected chi connectivity index (χ0v) is 16.7. The van der Waals surface area contributed by atoms with E-state index >= 15 is 0 Å². The molecular weight excluding hydrogens is 350 g/mol. The van der Waals surface area contributed by atoms with Gasteiger partial charge in [-0.1, -0.05) is 49.2 Å². The van der Waals surface area contributed by atoms with E-state index in [2.05, 4.69) is 41.7 Å². The van der Waals surface area contributed by atoms with Gasteiger partial charge in [-0.15, -0.1) is 0 Å². The third kappa shape index (κ3) is 3.93. The Morgan fingerprint density at radius 1 is 1.07 bits per heavy atom. The summed E-state index contributed by atoms with van der Waals surface area (Å²) < 4.78 is 12.3. The first kappa shape index (κ1) is 19.0. The predicted octanol–water partition coefficient (Wildman–Crippen LogP) is 4.89. The van der Waals surface area contributed by atoms with Crippen LogP contribution in [0.1, 0.15) is 50.7 Å². The molecule has 1 saturated carbocycles. The van der Waals surface area contributed by atoms with Gasteiger partial charge in [-0.2, -0.15) is 0 Å². The van der Waals surface area contributed by atoms with Crippen LogP contribution in [-0.2, 0) is 9.53 Å². The number of rotatable bonds is 4. The summed E-state index contributed by atoms with van der Waals surface area (Å²) in [6.45, 7) is 1.61. The van der Waals surface area contributed by atoms with Crippen LogP contribution in [0, 0.1) is 5.92 Å². The Morgan fingerprint density at radius 3 is 2.61 bits per heavy atom. The van der Waals surface area contributed by atoms with Gasteiger partial charge in [-0.05, 0) is 42.5 Å². The fraction of sp³-hybridized carbons (Fsp3) is 0.458. The molecule has 0 unspecified atom stereocenters. The number of carbonyl (C=O) groups is 1. The summed E-state index contributed by atoms with van der Waals surface area (Å²) in [6, 6.07) is 16.8. The van der Waals surface area contributed by atoms with Crippen LogP contribution >= 0.6 is 0 Å². The molecule has 0 spiro atoms. The SMILES string of the molecule is COc1ccc(-c2ccccc2)cc1[C@H]1C[C@@H](NC(C)=O)[C@@H]2CCCC[C@H]2O1. The van der Waals surface area contributed by atoms with Crippen LogP contribution in [0.4, 0.5) is 0 Å². The van der Waals surface area contributed by atoms with Crippen LogP contribution in [-0.4, -0.2) is 25.2 Å². The van der Waals surface area contributed by atoms with Crippen LogP contribution < -0.4 is 10.1 Å². The molecule has 1 saturated heterocycles. The number of ether oxygens (including phenoxy) is 2. The maximum absolute atomic E-state index is 11.8. The zero-order valence-electron chi connectivity index (χ0n) is 16.7. The van der Waals surface area contributed by atoms with Crippen LogP contribution in [0.25, 0.3) is 11.1 Å². The highest BCUT2D eigenvalue weighted by Crippen LogP contribution is 2.44. The molecule has 0 radical (unpaired) electrons. The third-order valence-corrected chi connectivity index (χ3v) is 6.15. The fourth-order valence-electron chi connectivity index (χ4n) is 4.85. The summed E-state index contributed by atoms with van der Waals surface area (Å²) in [5.41, 5.74) is 3.40. The van der Waals surface area contributed by atoms with E-state index in [4.69, 9.17) is 9.47 Å². The second-order valence-electron chi connectivity index (χ2n) is 7.98. The van der Waals surface area contributed by atoms with Crippen molar-refractivity contribution in [3.8, 4) is 16.9 Å². The van der Waals surface area contributed by atoms with Crippen LogP contribution in [0.2, 0.25) is 0 Å². The highest BCUT2D eigenvalue weighted by Gasteiger charge is 2.41. The van der Waals surface area contributed by atoms with E-state index in [0.717, 1.165) is 36.1 Å². The van der Waals surface area contributed by atoms with Gasteiger partial charge in [0.2, 0.25) is 5.91 Å². The molecule has 4 rings (SSSR count). The Hall–Kier alpha value is -2.33.